The van der Waals surface area contributed by atoms with Gasteiger partial charge in [0.05, 0.1) is 0 Å². The second kappa shape index (κ2) is 5.86. The summed E-state index contributed by atoms with van der Waals surface area (Å²) < 4.78 is 1.22. The smallest absolute Gasteiger partial charge is 0.328 e. The molecule has 0 aliphatic heterocycles. The van der Waals surface area contributed by atoms with E-state index in [9.17, 15) is 14.4 Å². The number of hydrogen-bond acceptors (Lipinski definition) is 3. The summed E-state index contributed by atoms with van der Waals surface area (Å²) in [5, 5.41) is 0. The van der Waals surface area contributed by atoms with E-state index >= 15 is 0 Å². The van der Waals surface area contributed by atoms with Crippen molar-refractivity contribution in [3.05, 3.63) is 33.1 Å². The molecule has 0 spiro atoms. The Hall–Kier alpha value is -1.85. The van der Waals surface area contributed by atoms with Crippen LogP contribution < -0.4 is 11.2 Å². The molecule has 6 heteroatoms. The molecule has 2 rings (SSSR count). The number of aromatic amines is 1. The van der Waals surface area contributed by atoms with Gasteiger partial charge in [0.1, 0.15) is 6.54 Å². The lowest BCUT2D eigenvalue weighted by Crippen LogP contribution is -2.38. The number of H-pyrrole nitrogens is 1. The average molecular weight is 265 g/mol. The van der Waals surface area contributed by atoms with Crippen LogP contribution in [-0.2, 0) is 11.3 Å². The highest BCUT2D eigenvalue weighted by Gasteiger charge is 2.19. The number of amides is 1. The van der Waals surface area contributed by atoms with Gasteiger partial charge in [0.15, 0.2) is 0 Å². The molecular formula is C13H19N3O3. The average Bonchev–Trinajstić information content (AvgIpc) is 2.85. The Kier molecular flexibility index (Phi) is 4.19. The number of aromatic nitrogens is 2. The van der Waals surface area contributed by atoms with Gasteiger partial charge in [-0.15, -0.1) is 0 Å². The summed E-state index contributed by atoms with van der Waals surface area (Å²) >= 11 is 0. The Morgan fingerprint density at radius 1 is 1.42 bits per heavy atom. The van der Waals surface area contributed by atoms with Crippen molar-refractivity contribution < 1.29 is 4.79 Å². The number of likely N-dealkylation sites (N-methyl/N-ethyl adjacent to an activating group) is 1. The summed E-state index contributed by atoms with van der Waals surface area (Å²) in [6, 6.07) is 1.24. The Bertz CT molecular complexity index is 555. The second-order valence-corrected chi connectivity index (χ2v) is 5.16. The predicted molar refractivity (Wildman–Crippen MR) is 70.9 cm³/mol. The number of nitrogens with zero attached hydrogens (tertiary/aromatic N) is 2. The molecule has 1 aromatic heterocycles. The standard InChI is InChI=1S/C13H19N3O3/c1-15(8-10-4-2-3-5-10)12(18)9-16-7-6-11(17)14-13(16)19/h6-7,10H,2-5,8-9H2,1H3,(H,14,17,19). The van der Waals surface area contributed by atoms with Crippen LogP contribution in [0.3, 0.4) is 0 Å². The minimum absolute atomic E-state index is 0.0289. The Morgan fingerprint density at radius 2 is 2.11 bits per heavy atom. The predicted octanol–water partition coefficient (Wildman–Crippen LogP) is 0.185. The van der Waals surface area contributed by atoms with Gasteiger partial charge in [0.2, 0.25) is 5.91 Å². The van der Waals surface area contributed by atoms with Crippen molar-refractivity contribution in [3.63, 3.8) is 0 Å². The van der Waals surface area contributed by atoms with Crippen molar-refractivity contribution in [3.8, 4) is 0 Å². The van der Waals surface area contributed by atoms with Crippen LogP contribution in [0.4, 0.5) is 0 Å². The number of nitrogens with one attached hydrogen (secondary N) is 1. The van der Waals surface area contributed by atoms with Gasteiger partial charge in [0, 0.05) is 25.9 Å². The van der Waals surface area contributed by atoms with E-state index in [1.54, 1.807) is 11.9 Å². The van der Waals surface area contributed by atoms with E-state index in [0.29, 0.717) is 5.92 Å². The first-order valence-corrected chi connectivity index (χ1v) is 6.60. The van der Waals surface area contributed by atoms with Gasteiger partial charge >= 0.3 is 5.69 Å². The van der Waals surface area contributed by atoms with Crippen LogP contribution >= 0.6 is 0 Å². The van der Waals surface area contributed by atoms with Crippen LogP contribution in [0.25, 0.3) is 0 Å². The van der Waals surface area contributed by atoms with Gasteiger partial charge in [0.25, 0.3) is 5.56 Å². The second-order valence-electron chi connectivity index (χ2n) is 5.16. The maximum atomic E-state index is 12.0. The molecule has 0 atom stereocenters. The molecule has 1 aromatic rings. The molecule has 1 aliphatic carbocycles. The lowest BCUT2D eigenvalue weighted by molar-refractivity contribution is -0.131. The van der Waals surface area contributed by atoms with E-state index in [-0.39, 0.29) is 12.5 Å². The minimum atomic E-state index is -0.546. The summed E-state index contributed by atoms with van der Waals surface area (Å²) in [4.78, 5) is 38.2. The van der Waals surface area contributed by atoms with Crippen molar-refractivity contribution in [1.82, 2.24) is 14.5 Å². The summed E-state index contributed by atoms with van der Waals surface area (Å²) in [6.45, 7) is 0.718. The van der Waals surface area contributed by atoms with Crippen molar-refractivity contribution in [2.75, 3.05) is 13.6 Å². The molecule has 1 N–H and O–H groups in total. The molecule has 1 fully saturated rings. The maximum Gasteiger partial charge on any atom is 0.328 e. The first-order chi connectivity index (χ1) is 9.06. The van der Waals surface area contributed by atoms with Crippen LogP contribution in [0.1, 0.15) is 25.7 Å². The van der Waals surface area contributed by atoms with Crippen LogP contribution in [0.5, 0.6) is 0 Å². The van der Waals surface area contributed by atoms with Crippen LogP contribution in [0, 0.1) is 5.92 Å². The van der Waals surface area contributed by atoms with Gasteiger partial charge in [-0.05, 0) is 18.8 Å². The molecule has 1 aliphatic rings. The Morgan fingerprint density at radius 3 is 2.74 bits per heavy atom. The fourth-order valence-electron chi connectivity index (χ4n) is 2.52. The van der Waals surface area contributed by atoms with E-state index in [2.05, 4.69) is 4.98 Å². The first-order valence-electron chi connectivity index (χ1n) is 6.60. The topological polar surface area (TPSA) is 75.2 Å². The SMILES string of the molecule is CN(CC1CCCC1)C(=O)Cn1ccc(=O)[nH]c1=O. The molecule has 1 heterocycles. The van der Waals surface area contributed by atoms with E-state index in [4.69, 9.17) is 0 Å². The Balaban J connectivity index is 1.95. The largest absolute Gasteiger partial charge is 0.344 e. The van der Waals surface area contributed by atoms with Gasteiger partial charge in [-0.25, -0.2) is 4.79 Å². The molecule has 0 saturated heterocycles. The Labute approximate surface area is 111 Å². The van der Waals surface area contributed by atoms with Crippen LogP contribution in [0.2, 0.25) is 0 Å². The van der Waals surface area contributed by atoms with E-state index in [0.717, 1.165) is 6.54 Å². The van der Waals surface area contributed by atoms with Gasteiger partial charge < -0.3 is 4.90 Å². The normalized spacial score (nSPS) is 15.6. The third kappa shape index (κ3) is 3.56. The van der Waals surface area contributed by atoms with Crippen molar-refractivity contribution in [2.45, 2.75) is 32.2 Å². The molecule has 1 amide bonds. The van der Waals surface area contributed by atoms with Crippen LogP contribution in [0.15, 0.2) is 21.9 Å². The van der Waals surface area contributed by atoms with Crippen molar-refractivity contribution >= 4 is 5.91 Å². The molecular weight excluding hydrogens is 246 g/mol. The zero-order valence-electron chi connectivity index (χ0n) is 11.1. The quantitative estimate of drug-likeness (QED) is 0.844. The van der Waals surface area contributed by atoms with Crippen molar-refractivity contribution in [1.29, 1.82) is 0 Å². The molecule has 6 nitrogen and oxygen atoms in total. The number of rotatable bonds is 4. The lowest BCUT2D eigenvalue weighted by atomic mass is 10.1. The number of carbonyl (C=O) groups excluding carboxylic acids is 1. The molecule has 0 aromatic carbocycles. The lowest BCUT2D eigenvalue weighted by Gasteiger charge is -2.21. The molecule has 19 heavy (non-hydrogen) atoms. The van der Waals surface area contributed by atoms with E-state index in [1.165, 1.54) is 42.5 Å². The fraction of sp³-hybridized carbons (Fsp3) is 0.615. The highest BCUT2D eigenvalue weighted by molar-refractivity contribution is 5.75. The van der Waals surface area contributed by atoms with Crippen LogP contribution in [-0.4, -0.2) is 34.0 Å². The zero-order valence-corrected chi connectivity index (χ0v) is 11.1. The minimum Gasteiger partial charge on any atom is -0.344 e. The third-order valence-corrected chi connectivity index (χ3v) is 3.64. The zero-order chi connectivity index (χ0) is 13.8. The summed E-state index contributed by atoms with van der Waals surface area (Å²) in [5.74, 6) is 0.474. The monoisotopic (exact) mass is 265 g/mol. The molecule has 104 valence electrons. The highest BCUT2D eigenvalue weighted by Crippen LogP contribution is 2.25. The van der Waals surface area contributed by atoms with E-state index in [1.807, 2.05) is 0 Å². The van der Waals surface area contributed by atoms with Gasteiger partial charge in [-0.1, -0.05) is 12.8 Å². The maximum absolute atomic E-state index is 12.0. The van der Waals surface area contributed by atoms with Gasteiger partial charge in [-0.3, -0.25) is 19.1 Å². The van der Waals surface area contributed by atoms with E-state index < -0.39 is 11.2 Å². The molecule has 0 bridgehead atoms. The summed E-state index contributed by atoms with van der Waals surface area (Å²) in [5.41, 5.74) is -0.997. The van der Waals surface area contributed by atoms with Crippen molar-refractivity contribution in [2.24, 2.45) is 5.92 Å². The molecule has 0 radical (unpaired) electrons. The number of carbonyl (C=O) groups is 1. The fourth-order valence-corrected chi connectivity index (χ4v) is 2.52. The first kappa shape index (κ1) is 13.6. The summed E-state index contributed by atoms with van der Waals surface area (Å²) in [6.07, 6.45) is 6.19. The van der Waals surface area contributed by atoms with Gasteiger partial charge in [-0.2, -0.15) is 0 Å². The third-order valence-electron chi connectivity index (χ3n) is 3.64. The number of hydrogen-bond donors (Lipinski definition) is 1. The highest BCUT2D eigenvalue weighted by atomic mass is 16.2. The molecule has 1 saturated carbocycles. The molecule has 0 unspecified atom stereocenters. The summed E-state index contributed by atoms with van der Waals surface area (Å²) in [7, 11) is 1.76.